The summed E-state index contributed by atoms with van der Waals surface area (Å²) < 4.78 is 0. The normalized spacial score (nSPS) is 14.2. The van der Waals surface area contributed by atoms with Gasteiger partial charge in [0.15, 0.2) is 0 Å². The van der Waals surface area contributed by atoms with Crippen molar-refractivity contribution in [3.8, 4) is 0 Å². The van der Waals surface area contributed by atoms with Gasteiger partial charge in [0.05, 0.1) is 0 Å². The zero-order valence-electron chi connectivity index (χ0n) is 6.40. The van der Waals surface area contributed by atoms with E-state index < -0.39 is 12.0 Å². The molecule has 2 N–H and O–H groups in total. The van der Waals surface area contributed by atoms with E-state index in [4.69, 9.17) is 10.3 Å². The van der Waals surface area contributed by atoms with Crippen LogP contribution in [-0.4, -0.2) is 34.4 Å². The Labute approximate surface area is 60.0 Å². The molecular formula is C6H13NO3. The first kappa shape index (κ1) is 9.39. The number of rotatable bonds is 3. The molecule has 0 aliphatic rings. The van der Waals surface area contributed by atoms with E-state index in [-0.39, 0.29) is 5.92 Å². The van der Waals surface area contributed by atoms with Crippen molar-refractivity contribution in [3.05, 3.63) is 0 Å². The fraction of sp³-hybridized carbons (Fsp3) is 0.833. The van der Waals surface area contributed by atoms with Crippen LogP contribution in [-0.2, 0) is 4.79 Å². The summed E-state index contributed by atoms with van der Waals surface area (Å²) in [6.45, 7) is 3.48. The zero-order valence-corrected chi connectivity index (χ0v) is 6.40. The number of hydrogen-bond acceptors (Lipinski definition) is 3. The maximum atomic E-state index is 10.4. The lowest BCUT2D eigenvalue weighted by Crippen LogP contribution is -2.40. The summed E-state index contributed by atoms with van der Waals surface area (Å²) in [6, 6.07) is -0.806. The van der Waals surface area contributed by atoms with Gasteiger partial charge >= 0.3 is 5.97 Å². The number of carbonyl (C=O) groups is 1. The topological polar surface area (TPSA) is 60.8 Å². The summed E-state index contributed by atoms with van der Waals surface area (Å²) in [4.78, 5) is 10.4. The minimum atomic E-state index is -1.00. The first-order valence-corrected chi connectivity index (χ1v) is 3.11. The third-order valence-electron chi connectivity index (χ3n) is 1.29. The largest absolute Gasteiger partial charge is 0.480 e. The van der Waals surface area contributed by atoms with Gasteiger partial charge in [0.25, 0.3) is 0 Å². The van der Waals surface area contributed by atoms with E-state index in [2.05, 4.69) is 0 Å². The van der Waals surface area contributed by atoms with Crippen LogP contribution in [0.5, 0.6) is 0 Å². The highest BCUT2D eigenvalue weighted by Gasteiger charge is 2.24. The van der Waals surface area contributed by atoms with Gasteiger partial charge in [-0.3, -0.25) is 4.79 Å². The van der Waals surface area contributed by atoms with Crippen molar-refractivity contribution >= 4 is 5.97 Å². The fourth-order valence-electron chi connectivity index (χ4n) is 0.876. The first-order valence-electron chi connectivity index (χ1n) is 3.11. The highest BCUT2D eigenvalue weighted by atomic mass is 16.5. The molecule has 0 bridgehead atoms. The molecule has 0 spiro atoms. The molecule has 1 atom stereocenters. The minimum absolute atomic E-state index is 0.0903. The molecule has 60 valence electrons. The highest BCUT2D eigenvalue weighted by molar-refractivity contribution is 5.73. The molecule has 0 saturated carbocycles. The van der Waals surface area contributed by atoms with Crippen LogP contribution in [0.1, 0.15) is 13.8 Å². The number of hydrogen-bond donors (Lipinski definition) is 2. The maximum absolute atomic E-state index is 10.4. The van der Waals surface area contributed by atoms with Crippen LogP contribution in [0.2, 0.25) is 0 Å². The lowest BCUT2D eigenvalue weighted by Gasteiger charge is -2.21. The van der Waals surface area contributed by atoms with Crippen LogP contribution in [0.15, 0.2) is 0 Å². The summed E-state index contributed by atoms with van der Waals surface area (Å²) in [5.74, 6) is -1.09. The Morgan fingerprint density at radius 3 is 1.90 bits per heavy atom. The second kappa shape index (κ2) is 3.53. The number of likely N-dealkylation sites (N-methyl/N-ethyl adjacent to an activating group) is 1. The molecule has 0 aromatic rings. The lowest BCUT2D eigenvalue weighted by atomic mass is 10.1. The van der Waals surface area contributed by atoms with Gasteiger partial charge in [-0.15, -0.1) is 0 Å². The zero-order chi connectivity index (χ0) is 8.31. The fourth-order valence-corrected chi connectivity index (χ4v) is 0.876. The molecule has 1 unspecified atom stereocenters. The minimum Gasteiger partial charge on any atom is -0.480 e. The van der Waals surface area contributed by atoms with Crippen LogP contribution in [0.3, 0.4) is 0 Å². The third kappa shape index (κ3) is 2.33. The molecule has 4 nitrogen and oxygen atoms in total. The van der Waals surface area contributed by atoms with Crippen LogP contribution in [0.4, 0.5) is 0 Å². The van der Waals surface area contributed by atoms with E-state index in [9.17, 15) is 4.79 Å². The number of hydroxylamine groups is 2. The molecule has 0 aliphatic carbocycles. The number of carboxylic acid groups (broad SMARTS) is 1. The SMILES string of the molecule is CC(C)C(C(=O)O)N(C)O. The number of carboxylic acids is 1. The van der Waals surface area contributed by atoms with Gasteiger partial charge in [-0.25, -0.2) is 0 Å². The second-order valence-electron chi connectivity index (χ2n) is 2.60. The van der Waals surface area contributed by atoms with Crippen molar-refractivity contribution in [2.45, 2.75) is 19.9 Å². The first-order chi connectivity index (χ1) is 4.46. The van der Waals surface area contributed by atoms with Gasteiger partial charge in [-0.1, -0.05) is 13.8 Å². The molecule has 10 heavy (non-hydrogen) atoms. The summed E-state index contributed by atoms with van der Waals surface area (Å²) in [5, 5.41) is 18.0. The Balaban J connectivity index is 4.12. The van der Waals surface area contributed by atoms with Crippen molar-refractivity contribution in [3.63, 3.8) is 0 Å². The molecule has 0 aliphatic heterocycles. The number of aliphatic carboxylic acids is 1. The highest BCUT2D eigenvalue weighted by Crippen LogP contribution is 2.06. The average Bonchev–Trinajstić information content (AvgIpc) is 1.59. The van der Waals surface area contributed by atoms with E-state index in [0.717, 1.165) is 0 Å². The van der Waals surface area contributed by atoms with E-state index in [1.807, 2.05) is 0 Å². The Hall–Kier alpha value is -0.610. The Morgan fingerprint density at radius 1 is 1.50 bits per heavy atom. The van der Waals surface area contributed by atoms with Crippen molar-refractivity contribution in [2.75, 3.05) is 7.05 Å². The molecular weight excluding hydrogens is 134 g/mol. The summed E-state index contributed by atoms with van der Waals surface area (Å²) in [5.41, 5.74) is 0. The lowest BCUT2D eigenvalue weighted by molar-refractivity contribution is -0.167. The van der Waals surface area contributed by atoms with E-state index in [1.165, 1.54) is 7.05 Å². The van der Waals surface area contributed by atoms with E-state index in [1.54, 1.807) is 13.8 Å². The smallest absolute Gasteiger partial charge is 0.323 e. The van der Waals surface area contributed by atoms with Gasteiger partial charge in [0, 0.05) is 7.05 Å². The van der Waals surface area contributed by atoms with Crippen LogP contribution < -0.4 is 0 Å². The van der Waals surface area contributed by atoms with Crippen molar-refractivity contribution in [1.82, 2.24) is 5.06 Å². The Bertz CT molecular complexity index is 114. The van der Waals surface area contributed by atoms with Crippen molar-refractivity contribution < 1.29 is 15.1 Å². The Kier molecular flexibility index (Phi) is 3.32. The van der Waals surface area contributed by atoms with Gasteiger partial charge in [0.1, 0.15) is 6.04 Å². The predicted molar refractivity (Wildman–Crippen MR) is 35.8 cm³/mol. The summed E-state index contributed by atoms with van der Waals surface area (Å²) >= 11 is 0. The maximum Gasteiger partial charge on any atom is 0.323 e. The molecule has 0 amide bonds. The predicted octanol–water partition coefficient (Wildman–Crippen LogP) is 0.417. The third-order valence-corrected chi connectivity index (χ3v) is 1.29. The monoisotopic (exact) mass is 147 g/mol. The van der Waals surface area contributed by atoms with Crippen LogP contribution in [0, 0.1) is 5.92 Å². The summed E-state index contributed by atoms with van der Waals surface area (Å²) in [7, 11) is 1.33. The average molecular weight is 147 g/mol. The van der Waals surface area contributed by atoms with Crippen molar-refractivity contribution in [1.29, 1.82) is 0 Å². The molecule has 0 aromatic heterocycles. The molecule has 4 heteroatoms. The molecule has 0 radical (unpaired) electrons. The van der Waals surface area contributed by atoms with Gasteiger partial charge in [-0.05, 0) is 5.92 Å². The quantitative estimate of drug-likeness (QED) is 0.568. The standard InChI is InChI=1S/C6H13NO3/c1-4(2)5(6(8)9)7(3)10/h4-5,10H,1-3H3,(H,8,9). The summed E-state index contributed by atoms with van der Waals surface area (Å²) in [6.07, 6.45) is 0. The van der Waals surface area contributed by atoms with Gasteiger partial charge in [-0.2, -0.15) is 5.06 Å². The van der Waals surface area contributed by atoms with E-state index in [0.29, 0.717) is 5.06 Å². The van der Waals surface area contributed by atoms with Gasteiger partial charge < -0.3 is 10.3 Å². The molecule has 0 heterocycles. The van der Waals surface area contributed by atoms with E-state index >= 15 is 0 Å². The molecule has 0 saturated heterocycles. The van der Waals surface area contributed by atoms with Crippen LogP contribution in [0.25, 0.3) is 0 Å². The molecule has 0 fully saturated rings. The second-order valence-corrected chi connectivity index (χ2v) is 2.60. The molecule has 0 rings (SSSR count). The van der Waals surface area contributed by atoms with Crippen molar-refractivity contribution in [2.24, 2.45) is 5.92 Å². The molecule has 0 aromatic carbocycles. The van der Waals surface area contributed by atoms with Crippen LogP contribution >= 0.6 is 0 Å². The van der Waals surface area contributed by atoms with Gasteiger partial charge in [0.2, 0.25) is 0 Å². The Morgan fingerprint density at radius 2 is 1.90 bits per heavy atom. The number of nitrogens with zero attached hydrogens (tertiary/aromatic N) is 1.